The molecule has 2 rings (SSSR count). The van der Waals surface area contributed by atoms with Gasteiger partial charge in [0.25, 0.3) is 5.91 Å². The van der Waals surface area contributed by atoms with Gasteiger partial charge in [-0.05, 0) is 24.8 Å². The minimum atomic E-state index is -0.0612. The van der Waals surface area contributed by atoms with Crippen LogP contribution >= 0.6 is 11.3 Å². The van der Waals surface area contributed by atoms with Crippen molar-refractivity contribution in [2.75, 3.05) is 26.0 Å². The highest BCUT2D eigenvalue weighted by molar-refractivity contribution is 7.16. The van der Waals surface area contributed by atoms with Crippen molar-refractivity contribution in [2.45, 2.75) is 19.3 Å². The van der Waals surface area contributed by atoms with Gasteiger partial charge in [-0.1, -0.05) is 0 Å². The highest BCUT2D eigenvalue weighted by atomic mass is 32.1. The fraction of sp³-hybridized carbons (Fsp3) is 0.545. The lowest BCUT2D eigenvalue weighted by atomic mass is 10.1. The molecule has 0 spiro atoms. The first kappa shape index (κ1) is 11.4. The number of thiophene rings is 1. The monoisotopic (exact) mass is 240 g/mol. The Labute approximate surface area is 98.8 Å². The van der Waals surface area contributed by atoms with Gasteiger partial charge in [0.05, 0.1) is 17.2 Å². The Morgan fingerprint density at radius 2 is 2.38 bits per heavy atom. The molecule has 0 aliphatic heterocycles. The van der Waals surface area contributed by atoms with Crippen molar-refractivity contribution in [2.24, 2.45) is 0 Å². The third-order valence-corrected chi connectivity index (χ3v) is 3.89. The Balaban J connectivity index is 2.11. The van der Waals surface area contributed by atoms with E-state index in [9.17, 15) is 4.79 Å². The molecule has 1 aromatic rings. The summed E-state index contributed by atoms with van der Waals surface area (Å²) in [5.74, 6) is -0.0612. The first-order valence-corrected chi connectivity index (χ1v) is 6.23. The zero-order chi connectivity index (χ0) is 11.5. The zero-order valence-corrected chi connectivity index (χ0v) is 10.2. The molecule has 1 aliphatic rings. The second kappa shape index (κ2) is 4.84. The molecule has 0 fully saturated rings. The number of aryl methyl sites for hydroxylation is 1. The summed E-state index contributed by atoms with van der Waals surface area (Å²) < 4.78 is 4.89. The number of hydrogen-bond donors (Lipinski definition) is 2. The first-order valence-electron chi connectivity index (χ1n) is 5.41. The van der Waals surface area contributed by atoms with E-state index in [1.807, 2.05) is 0 Å². The Morgan fingerprint density at radius 3 is 3.12 bits per heavy atom. The van der Waals surface area contributed by atoms with E-state index in [-0.39, 0.29) is 5.91 Å². The van der Waals surface area contributed by atoms with Crippen LogP contribution in [0, 0.1) is 0 Å². The SMILES string of the molecule is COCCNC(=O)c1c(N)sc2c1CCC2. The van der Waals surface area contributed by atoms with Gasteiger partial charge in [-0.15, -0.1) is 11.3 Å². The van der Waals surface area contributed by atoms with Crippen LogP contribution in [0.25, 0.3) is 0 Å². The molecule has 0 saturated heterocycles. The average Bonchev–Trinajstić information content (AvgIpc) is 2.77. The van der Waals surface area contributed by atoms with E-state index in [0.717, 1.165) is 24.8 Å². The largest absolute Gasteiger partial charge is 0.390 e. The van der Waals surface area contributed by atoms with Crippen molar-refractivity contribution >= 4 is 22.2 Å². The van der Waals surface area contributed by atoms with Gasteiger partial charge in [0.15, 0.2) is 0 Å². The van der Waals surface area contributed by atoms with E-state index in [1.165, 1.54) is 4.88 Å². The normalized spacial score (nSPS) is 13.8. The summed E-state index contributed by atoms with van der Waals surface area (Å²) in [5, 5.41) is 3.47. The molecule has 3 N–H and O–H groups in total. The number of nitrogens with one attached hydrogen (secondary N) is 1. The van der Waals surface area contributed by atoms with Gasteiger partial charge in [-0.25, -0.2) is 0 Å². The molecule has 0 saturated carbocycles. The minimum Gasteiger partial charge on any atom is -0.390 e. The number of carbonyl (C=O) groups excluding carboxylic acids is 1. The summed E-state index contributed by atoms with van der Waals surface area (Å²) in [6.07, 6.45) is 3.19. The Hall–Kier alpha value is -1.07. The van der Waals surface area contributed by atoms with Crippen molar-refractivity contribution in [3.63, 3.8) is 0 Å². The minimum absolute atomic E-state index is 0.0612. The Morgan fingerprint density at radius 1 is 1.56 bits per heavy atom. The van der Waals surface area contributed by atoms with Gasteiger partial charge in [-0.3, -0.25) is 4.79 Å². The molecule has 5 heteroatoms. The maximum atomic E-state index is 11.9. The molecule has 0 atom stereocenters. The van der Waals surface area contributed by atoms with Crippen LogP contribution in [-0.4, -0.2) is 26.2 Å². The number of fused-ring (bicyclic) bond motifs is 1. The molecule has 88 valence electrons. The van der Waals surface area contributed by atoms with Gasteiger partial charge >= 0.3 is 0 Å². The van der Waals surface area contributed by atoms with Gasteiger partial charge in [0.1, 0.15) is 0 Å². The molecular weight excluding hydrogens is 224 g/mol. The first-order chi connectivity index (χ1) is 7.74. The Bertz CT molecular complexity index is 401. The van der Waals surface area contributed by atoms with Gasteiger partial charge in [0.2, 0.25) is 0 Å². The summed E-state index contributed by atoms with van der Waals surface area (Å²) in [6, 6.07) is 0. The number of carbonyl (C=O) groups is 1. The third kappa shape index (κ3) is 2.05. The van der Waals surface area contributed by atoms with Crippen molar-refractivity contribution in [3.8, 4) is 0 Å². The Kier molecular flexibility index (Phi) is 3.46. The molecular formula is C11H16N2O2S. The van der Waals surface area contributed by atoms with Crippen LogP contribution in [0.1, 0.15) is 27.2 Å². The van der Waals surface area contributed by atoms with Crippen LogP contribution in [0.15, 0.2) is 0 Å². The second-order valence-electron chi connectivity index (χ2n) is 3.85. The number of hydrogen-bond acceptors (Lipinski definition) is 4. The number of nitrogen functional groups attached to an aromatic ring is 1. The zero-order valence-electron chi connectivity index (χ0n) is 9.34. The van der Waals surface area contributed by atoms with E-state index in [2.05, 4.69) is 5.32 Å². The van der Waals surface area contributed by atoms with Crippen molar-refractivity contribution < 1.29 is 9.53 Å². The summed E-state index contributed by atoms with van der Waals surface area (Å²) in [6.45, 7) is 1.05. The molecule has 1 amide bonds. The molecule has 0 radical (unpaired) electrons. The fourth-order valence-corrected chi connectivity index (χ4v) is 3.19. The van der Waals surface area contributed by atoms with Crippen LogP contribution < -0.4 is 11.1 Å². The summed E-state index contributed by atoms with van der Waals surface area (Å²) >= 11 is 1.56. The average molecular weight is 240 g/mol. The standard InChI is InChI=1S/C11H16N2O2S/c1-15-6-5-13-11(14)9-7-3-2-4-8(7)16-10(9)12/h2-6,12H2,1H3,(H,13,14). The number of ether oxygens (including phenoxy) is 1. The van der Waals surface area contributed by atoms with Crippen LogP contribution in [0.4, 0.5) is 5.00 Å². The molecule has 1 heterocycles. The fourth-order valence-electron chi connectivity index (χ4n) is 2.03. The maximum Gasteiger partial charge on any atom is 0.254 e. The molecule has 4 nitrogen and oxygen atoms in total. The van der Waals surface area contributed by atoms with Crippen molar-refractivity contribution in [1.82, 2.24) is 5.32 Å². The summed E-state index contributed by atoms with van der Waals surface area (Å²) in [5.41, 5.74) is 7.75. The molecule has 0 aromatic carbocycles. The third-order valence-electron chi connectivity index (χ3n) is 2.77. The number of amides is 1. The maximum absolute atomic E-state index is 11.9. The number of methoxy groups -OCH3 is 1. The van der Waals surface area contributed by atoms with E-state index >= 15 is 0 Å². The lowest BCUT2D eigenvalue weighted by Crippen LogP contribution is -2.27. The molecule has 0 bridgehead atoms. The van der Waals surface area contributed by atoms with E-state index < -0.39 is 0 Å². The number of nitrogens with two attached hydrogens (primary N) is 1. The molecule has 16 heavy (non-hydrogen) atoms. The predicted octanol–water partition coefficient (Wildman–Crippen LogP) is 1.20. The highest BCUT2D eigenvalue weighted by Gasteiger charge is 2.24. The van der Waals surface area contributed by atoms with E-state index in [0.29, 0.717) is 23.7 Å². The van der Waals surface area contributed by atoms with Crippen LogP contribution in [0.5, 0.6) is 0 Å². The van der Waals surface area contributed by atoms with Crippen LogP contribution in [0.3, 0.4) is 0 Å². The quantitative estimate of drug-likeness (QED) is 0.777. The van der Waals surface area contributed by atoms with E-state index in [1.54, 1.807) is 18.4 Å². The predicted molar refractivity (Wildman–Crippen MR) is 65.0 cm³/mol. The summed E-state index contributed by atoms with van der Waals surface area (Å²) in [7, 11) is 1.61. The van der Waals surface area contributed by atoms with Crippen molar-refractivity contribution in [3.05, 3.63) is 16.0 Å². The van der Waals surface area contributed by atoms with E-state index in [4.69, 9.17) is 10.5 Å². The van der Waals surface area contributed by atoms with Gasteiger partial charge in [-0.2, -0.15) is 0 Å². The lowest BCUT2D eigenvalue weighted by molar-refractivity contribution is 0.0937. The molecule has 1 aliphatic carbocycles. The number of anilines is 1. The van der Waals surface area contributed by atoms with Crippen LogP contribution in [0.2, 0.25) is 0 Å². The highest BCUT2D eigenvalue weighted by Crippen LogP contribution is 2.36. The summed E-state index contributed by atoms with van der Waals surface area (Å²) in [4.78, 5) is 13.2. The smallest absolute Gasteiger partial charge is 0.254 e. The van der Waals surface area contributed by atoms with Gasteiger partial charge in [0, 0.05) is 18.5 Å². The second-order valence-corrected chi connectivity index (χ2v) is 4.98. The number of rotatable bonds is 4. The lowest BCUT2D eigenvalue weighted by Gasteiger charge is -2.05. The van der Waals surface area contributed by atoms with Crippen molar-refractivity contribution in [1.29, 1.82) is 0 Å². The van der Waals surface area contributed by atoms with Crippen LogP contribution in [-0.2, 0) is 17.6 Å². The molecule has 1 aromatic heterocycles. The molecule has 0 unspecified atom stereocenters. The topological polar surface area (TPSA) is 64.3 Å². The van der Waals surface area contributed by atoms with Gasteiger partial charge < -0.3 is 15.8 Å².